The standard InChI is InChI=1S/C35H32BrN3O5/c36-26-10-4-9-25(19-26)21-37-17-5-11-28-29(32(37)41)30-33(42)39(22-24-12-14-27(40)15-13-24)31-34(43)38(18-6-16-35(30,31)44-28)20-23-7-2-1-3-8-23/h1-16,19,28-31,40H,17-18,20-22H2/t28-,29+,30+,31-,35+/m0/s1. The van der Waals surface area contributed by atoms with Gasteiger partial charge < -0.3 is 24.5 Å². The summed E-state index contributed by atoms with van der Waals surface area (Å²) in [6.07, 6.45) is 6.95. The van der Waals surface area contributed by atoms with Gasteiger partial charge in [0.05, 0.1) is 17.9 Å². The SMILES string of the molecule is O=C1[C@@H]2[C@H](C=CCN1Cc1cccc(Br)c1)O[C@@]13C=CCN(Cc4ccccc4)C(=O)[C@@H]1N(Cc1ccc(O)cc1)C(=O)[C@@H]23. The minimum Gasteiger partial charge on any atom is -0.508 e. The van der Waals surface area contributed by atoms with E-state index in [0.717, 1.165) is 21.2 Å². The topological polar surface area (TPSA) is 90.4 Å². The number of amides is 3. The molecule has 2 fully saturated rings. The van der Waals surface area contributed by atoms with Crippen LogP contribution in [0.3, 0.4) is 0 Å². The summed E-state index contributed by atoms with van der Waals surface area (Å²) in [6.45, 7) is 1.68. The first-order chi connectivity index (χ1) is 21.3. The third kappa shape index (κ3) is 4.94. The van der Waals surface area contributed by atoms with E-state index >= 15 is 0 Å². The highest BCUT2D eigenvalue weighted by Gasteiger charge is 2.71. The second-order valence-corrected chi connectivity index (χ2v) is 12.8. The van der Waals surface area contributed by atoms with E-state index in [-0.39, 0.29) is 30.0 Å². The minimum absolute atomic E-state index is 0.116. The summed E-state index contributed by atoms with van der Waals surface area (Å²) in [5.74, 6) is -2.18. The molecule has 0 radical (unpaired) electrons. The first-order valence-corrected chi connectivity index (χ1v) is 15.6. The van der Waals surface area contributed by atoms with Gasteiger partial charge in [-0.05, 0) is 41.0 Å². The van der Waals surface area contributed by atoms with Crippen LogP contribution in [-0.4, -0.2) is 68.4 Å². The van der Waals surface area contributed by atoms with E-state index in [2.05, 4.69) is 15.9 Å². The van der Waals surface area contributed by atoms with Crippen molar-refractivity contribution in [3.05, 3.63) is 124 Å². The average molecular weight is 655 g/mol. The quantitative estimate of drug-likeness (QED) is 0.398. The number of phenols is 1. The highest BCUT2D eigenvalue weighted by molar-refractivity contribution is 9.10. The van der Waals surface area contributed by atoms with Gasteiger partial charge in [-0.1, -0.05) is 94.8 Å². The van der Waals surface area contributed by atoms with Crippen molar-refractivity contribution in [1.29, 1.82) is 0 Å². The molecule has 8 nitrogen and oxygen atoms in total. The highest BCUT2D eigenvalue weighted by Crippen LogP contribution is 2.54. The molecular formula is C35H32BrN3O5. The number of hydrogen-bond donors (Lipinski definition) is 1. The second-order valence-electron chi connectivity index (χ2n) is 11.9. The lowest BCUT2D eigenvalue weighted by atomic mass is 9.77. The van der Waals surface area contributed by atoms with Crippen LogP contribution in [0.2, 0.25) is 0 Å². The Morgan fingerprint density at radius 2 is 1.45 bits per heavy atom. The molecule has 3 aromatic rings. The third-order valence-electron chi connectivity index (χ3n) is 9.09. The van der Waals surface area contributed by atoms with Gasteiger partial charge in [-0.2, -0.15) is 0 Å². The van der Waals surface area contributed by atoms with Crippen LogP contribution in [0.1, 0.15) is 16.7 Å². The van der Waals surface area contributed by atoms with Crippen LogP contribution in [0.25, 0.3) is 0 Å². The summed E-state index contributed by atoms with van der Waals surface area (Å²) in [4.78, 5) is 48.5. The lowest BCUT2D eigenvalue weighted by Crippen LogP contribution is -2.54. The first-order valence-electron chi connectivity index (χ1n) is 14.8. The molecule has 9 heteroatoms. The van der Waals surface area contributed by atoms with Gasteiger partial charge in [0.15, 0.2) is 0 Å². The number of halogens is 1. The molecule has 1 spiro atoms. The van der Waals surface area contributed by atoms with Crippen molar-refractivity contribution in [2.45, 2.75) is 37.4 Å². The molecule has 44 heavy (non-hydrogen) atoms. The van der Waals surface area contributed by atoms with Crippen LogP contribution in [0.15, 0.2) is 108 Å². The van der Waals surface area contributed by atoms with Crippen molar-refractivity contribution in [3.63, 3.8) is 0 Å². The van der Waals surface area contributed by atoms with Gasteiger partial charge in [-0.15, -0.1) is 0 Å². The van der Waals surface area contributed by atoms with Crippen molar-refractivity contribution in [2.75, 3.05) is 13.1 Å². The van der Waals surface area contributed by atoms with Crippen molar-refractivity contribution in [2.24, 2.45) is 11.8 Å². The Hall–Kier alpha value is -4.21. The van der Waals surface area contributed by atoms with Crippen LogP contribution >= 0.6 is 15.9 Å². The zero-order valence-corrected chi connectivity index (χ0v) is 25.5. The molecule has 3 amide bonds. The molecule has 0 aromatic heterocycles. The molecule has 0 unspecified atom stereocenters. The Bertz CT molecular complexity index is 1660. The van der Waals surface area contributed by atoms with E-state index in [0.29, 0.717) is 26.2 Å². The monoisotopic (exact) mass is 653 g/mol. The molecule has 7 rings (SSSR count). The fraction of sp³-hybridized carbons (Fsp3) is 0.286. The fourth-order valence-electron chi connectivity index (χ4n) is 7.15. The van der Waals surface area contributed by atoms with Crippen molar-refractivity contribution in [1.82, 2.24) is 14.7 Å². The number of aromatic hydroxyl groups is 1. The molecule has 5 atom stereocenters. The normalized spacial score (nSPS) is 27.7. The maximum Gasteiger partial charge on any atom is 0.249 e. The number of phenolic OH excluding ortho intramolecular Hbond substituents is 1. The van der Waals surface area contributed by atoms with E-state index < -0.39 is 29.6 Å². The molecular weight excluding hydrogens is 622 g/mol. The summed E-state index contributed by atoms with van der Waals surface area (Å²) < 4.78 is 7.70. The number of nitrogens with zero attached hydrogens (tertiary/aromatic N) is 3. The largest absolute Gasteiger partial charge is 0.508 e. The van der Waals surface area contributed by atoms with E-state index in [1.165, 1.54) is 0 Å². The molecule has 4 heterocycles. The zero-order valence-electron chi connectivity index (χ0n) is 24.0. The van der Waals surface area contributed by atoms with Gasteiger partial charge in [-0.3, -0.25) is 14.4 Å². The van der Waals surface area contributed by atoms with E-state index in [1.807, 2.05) is 78.9 Å². The van der Waals surface area contributed by atoms with Crippen LogP contribution in [0.4, 0.5) is 0 Å². The van der Waals surface area contributed by atoms with E-state index in [4.69, 9.17) is 4.74 Å². The number of rotatable bonds is 6. The molecule has 4 aliphatic heterocycles. The molecule has 0 bridgehead atoms. The Morgan fingerprint density at radius 3 is 2.23 bits per heavy atom. The van der Waals surface area contributed by atoms with E-state index in [9.17, 15) is 19.5 Å². The number of hydrogen-bond acceptors (Lipinski definition) is 5. The van der Waals surface area contributed by atoms with E-state index in [1.54, 1.807) is 39.0 Å². The molecule has 2 saturated heterocycles. The number of ether oxygens (including phenoxy) is 1. The number of benzene rings is 3. The van der Waals surface area contributed by atoms with Crippen molar-refractivity contribution < 1.29 is 24.2 Å². The number of carbonyl (C=O) groups is 3. The third-order valence-corrected chi connectivity index (χ3v) is 9.59. The Kier molecular flexibility index (Phi) is 7.38. The fourth-order valence-corrected chi connectivity index (χ4v) is 7.59. The predicted molar refractivity (Wildman–Crippen MR) is 167 cm³/mol. The van der Waals surface area contributed by atoms with Gasteiger partial charge in [0, 0.05) is 37.2 Å². The summed E-state index contributed by atoms with van der Waals surface area (Å²) in [5.41, 5.74) is 1.42. The number of carbonyl (C=O) groups excluding carboxylic acids is 3. The van der Waals surface area contributed by atoms with Gasteiger partial charge >= 0.3 is 0 Å². The van der Waals surface area contributed by atoms with Crippen LogP contribution in [0.5, 0.6) is 5.75 Å². The maximum atomic E-state index is 14.6. The smallest absolute Gasteiger partial charge is 0.249 e. The van der Waals surface area contributed by atoms with Gasteiger partial charge in [0.1, 0.15) is 17.4 Å². The average Bonchev–Trinajstić information content (AvgIpc) is 3.33. The predicted octanol–water partition coefficient (Wildman–Crippen LogP) is 4.43. The van der Waals surface area contributed by atoms with Crippen molar-refractivity contribution >= 4 is 33.7 Å². The van der Waals surface area contributed by atoms with Crippen LogP contribution in [0, 0.1) is 11.8 Å². The Balaban J connectivity index is 1.27. The molecule has 4 aliphatic rings. The van der Waals surface area contributed by atoms with Gasteiger partial charge in [0.25, 0.3) is 0 Å². The molecule has 0 saturated carbocycles. The molecule has 1 N–H and O–H groups in total. The Morgan fingerprint density at radius 1 is 0.773 bits per heavy atom. The zero-order chi connectivity index (χ0) is 30.4. The van der Waals surface area contributed by atoms with Crippen LogP contribution in [-0.2, 0) is 38.8 Å². The van der Waals surface area contributed by atoms with Gasteiger partial charge in [0.2, 0.25) is 17.7 Å². The molecule has 224 valence electrons. The summed E-state index contributed by atoms with van der Waals surface area (Å²) >= 11 is 3.52. The molecule has 0 aliphatic carbocycles. The summed E-state index contributed by atoms with van der Waals surface area (Å²) in [5, 5.41) is 9.85. The highest BCUT2D eigenvalue weighted by atomic mass is 79.9. The maximum absolute atomic E-state index is 14.6. The lowest BCUT2D eigenvalue weighted by molar-refractivity contribution is -0.149. The number of likely N-dealkylation sites (tertiary alicyclic amines) is 1. The summed E-state index contributed by atoms with van der Waals surface area (Å²) in [6, 6.07) is 23.2. The Labute approximate surface area is 264 Å². The second kappa shape index (κ2) is 11.4. The van der Waals surface area contributed by atoms with Crippen molar-refractivity contribution in [3.8, 4) is 5.75 Å². The van der Waals surface area contributed by atoms with Crippen LogP contribution < -0.4 is 0 Å². The lowest BCUT2D eigenvalue weighted by Gasteiger charge is -2.35. The van der Waals surface area contributed by atoms with Gasteiger partial charge in [-0.25, -0.2) is 0 Å². The summed E-state index contributed by atoms with van der Waals surface area (Å²) in [7, 11) is 0. The molecule has 3 aromatic carbocycles. The minimum atomic E-state index is -1.30. The number of fused-ring (bicyclic) bond motifs is 2. The first kappa shape index (κ1) is 28.6.